The van der Waals surface area contributed by atoms with Gasteiger partial charge in [-0.2, -0.15) is 4.57 Å². The molecule has 3 rings (SSSR count). The summed E-state index contributed by atoms with van der Waals surface area (Å²) in [6.07, 6.45) is 0.937. The van der Waals surface area contributed by atoms with E-state index in [0.29, 0.717) is 17.7 Å². The van der Waals surface area contributed by atoms with Crippen LogP contribution in [0.1, 0.15) is 68.1 Å². The smallest absolute Gasteiger partial charge is 0.352 e. The van der Waals surface area contributed by atoms with Crippen molar-refractivity contribution in [3.8, 4) is 0 Å². The number of aromatic carboxylic acids is 1. The fraction of sp³-hybridized carbons (Fsp3) is 0.474. The molecule has 23 heavy (non-hydrogen) atoms. The average Bonchev–Trinajstić information content (AvgIpc) is 2.90. The fourth-order valence-corrected chi connectivity index (χ4v) is 3.81. The highest BCUT2D eigenvalue weighted by Gasteiger charge is 2.36. The maximum Gasteiger partial charge on any atom is 0.352 e. The molecule has 2 aromatic rings. The van der Waals surface area contributed by atoms with Crippen molar-refractivity contribution in [3.63, 3.8) is 0 Å². The summed E-state index contributed by atoms with van der Waals surface area (Å²) in [4.78, 5) is 14.6. The topological polar surface area (TPSA) is 57.0 Å². The summed E-state index contributed by atoms with van der Waals surface area (Å²) in [5.74, 6) is -0.385. The first kappa shape index (κ1) is 15.8. The molecule has 1 aliphatic rings. The lowest BCUT2D eigenvalue weighted by Gasteiger charge is -2.12. The second kappa shape index (κ2) is 5.22. The highest BCUT2D eigenvalue weighted by molar-refractivity contribution is 5.98. The number of nitrogens with one attached hydrogen (secondary N) is 1. The zero-order chi connectivity index (χ0) is 17.0. The van der Waals surface area contributed by atoms with Gasteiger partial charge in [0.25, 0.3) is 0 Å². The molecular weight excluding hydrogens is 288 g/mol. The van der Waals surface area contributed by atoms with Gasteiger partial charge in [0.05, 0.1) is 10.9 Å². The summed E-state index contributed by atoms with van der Waals surface area (Å²) < 4.78 is 2.40. The molecule has 2 N–H and O–H groups in total. The van der Waals surface area contributed by atoms with E-state index < -0.39 is 5.97 Å². The Hall–Kier alpha value is -2.10. The number of hydrogen-bond donors (Lipinski definition) is 2. The molecule has 3 heterocycles. The van der Waals surface area contributed by atoms with Crippen molar-refractivity contribution in [2.45, 2.75) is 54.0 Å². The molecule has 4 heteroatoms. The van der Waals surface area contributed by atoms with Gasteiger partial charge in [-0.15, -0.1) is 0 Å². The summed E-state index contributed by atoms with van der Waals surface area (Å²) >= 11 is 0. The molecule has 0 radical (unpaired) electrons. The Morgan fingerprint density at radius 3 is 2.57 bits per heavy atom. The van der Waals surface area contributed by atoms with Crippen LogP contribution in [0.4, 0.5) is 0 Å². The van der Waals surface area contributed by atoms with Crippen LogP contribution >= 0.6 is 0 Å². The number of aromatic amines is 1. The van der Waals surface area contributed by atoms with Gasteiger partial charge >= 0.3 is 5.97 Å². The van der Waals surface area contributed by atoms with E-state index in [0.717, 1.165) is 22.9 Å². The number of carbonyl (C=O) groups is 1. The number of aromatic nitrogens is 2. The number of nitrogens with zero attached hydrogens (tertiary/aromatic N) is 1. The summed E-state index contributed by atoms with van der Waals surface area (Å²) in [5, 5.41) is 10.5. The number of carboxylic acid groups (broad SMARTS) is 1. The van der Waals surface area contributed by atoms with Crippen molar-refractivity contribution in [1.29, 1.82) is 0 Å². The van der Waals surface area contributed by atoms with Gasteiger partial charge in [0.15, 0.2) is 11.7 Å². The molecule has 0 spiro atoms. The Morgan fingerprint density at radius 2 is 2.00 bits per heavy atom. The third-order valence-corrected chi connectivity index (χ3v) is 5.20. The predicted octanol–water partition coefficient (Wildman–Crippen LogP) is 4.03. The van der Waals surface area contributed by atoms with Gasteiger partial charge in [0.2, 0.25) is 5.69 Å². The quantitative estimate of drug-likeness (QED) is 0.841. The molecule has 1 aliphatic heterocycles. The highest BCUT2D eigenvalue weighted by Crippen LogP contribution is 2.35. The van der Waals surface area contributed by atoms with Gasteiger partial charge in [0.1, 0.15) is 5.69 Å². The third-order valence-electron chi connectivity index (χ3n) is 5.20. The number of allylic oxidation sites excluding steroid dienone is 2. The fourth-order valence-electron chi connectivity index (χ4n) is 3.81. The van der Waals surface area contributed by atoms with E-state index in [-0.39, 0.29) is 0 Å². The number of hydrogen-bond acceptors (Lipinski definition) is 1. The van der Waals surface area contributed by atoms with E-state index in [1.165, 1.54) is 22.5 Å². The number of H-pyrrole nitrogens is 1. The van der Waals surface area contributed by atoms with Crippen LogP contribution in [0.2, 0.25) is 0 Å². The SMILES string of the molecule is CC1=C(C)C(C)[n+]2c1cc1[nH]c(C(=O)O)c(C)c1c2CC(C)C. The lowest BCUT2D eigenvalue weighted by molar-refractivity contribution is -0.714. The normalized spacial score (nSPS) is 17.4. The largest absolute Gasteiger partial charge is 0.477 e. The number of rotatable bonds is 3. The molecular formula is C19H25N2O2+. The maximum atomic E-state index is 11.5. The molecule has 0 aliphatic carbocycles. The maximum absolute atomic E-state index is 11.5. The van der Waals surface area contributed by atoms with Gasteiger partial charge in [-0.3, -0.25) is 0 Å². The van der Waals surface area contributed by atoms with E-state index in [1.54, 1.807) is 0 Å². The minimum atomic E-state index is -0.893. The molecule has 0 aromatic carbocycles. The second-order valence-electron chi connectivity index (χ2n) is 7.15. The zero-order valence-electron chi connectivity index (χ0n) is 14.7. The van der Waals surface area contributed by atoms with Crippen molar-refractivity contribution < 1.29 is 14.5 Å². The van der Waals surface area contributed by atoms with Gasteiger partial charge in [-0.1, -0.05) is 13.8 Å². The lowest BCUT2D eigenvalue weighted by Crippen LogP contribution is -2.43. The average molecular weight is 313 g/mol. The van der Waals surface area contributed by atoms with Crippen molar-refractivity contribution >= 4 is 22.4 Å². The Bertz CT molecular complexity index is 856. The van der Waals surface area contributed by atoms with Crippen LogP contribution in [0.25, 0.3) is 16.5 Å². The molecule has 4 nitrogen and oxygen atoms in total. The zero-order valence-corrected chi connectivity index (χ0v) is 14.7. The van der Waals surface area contributed by atoms with Crippen LogP contribution in [-0.2, 0) is 6.42 Å². The Labute approximate surface area is 136 Å². The van der Waals surface area contributed by atoms with Gasteiger partial charge in [-0.25, -0.2) is 4.79 Å². The molecule has 0 fully saturated rings. The van der Waals surface area contributed by atoms with Crippen LogP contribution in [-0.4, -0.2) is 16.1 Å². The minimum absolute atomic E-state index is 0.306. The van der Waals surface area contributed by atoms with Crippen molar-refractivity contribution in [2.24, 2.45) is 5.92 Å². The molecule has 0 saturated heterocycles. The van der Waals surface area contributed by atoms with Gasteiger partial charge in [0, 0.05) is 30.6 Å². The van der Waals surface area contributed by atoms with Crippen molar-refractivity contribution in [1.82, 2.24) is 4.98 Å². The molecule has 0 saturated carbocycles. The summed E-state index contributed by atoms with van der Waals surface area (Å²) in [6.45, 7) is 12.9. The first-order valence-electron chi connectivity index (χ1n) is 8.24. The van der Waals surface area contributed by atoms with Crippen molar-refractivity contribution in [2.75, 3.05) is 0 Å². The first-order valence-corrected chi connectivity index (χ1v) is 8.24. The Morgan fingerprint density at radius 1 is 1.35 bits per heavy atom. The number of carboxylic acids is 1. The number of pyridine rings is 1. The van der Waals surface area contributed by atoms with Crippen molar-refractivity contribution in [3.05, 3.63) is 34.3 Å². The standard InChI is InChI=1S/C19H24N2O2/c1-9(2)7-16-17-12(5)18(19(22)23)20-14(17)8-15-11(4)10(3)13(6)21(15)16/h8-9,13H,7H2,1-6H3,(H,22,23)/p+1. The first-order chi connectivity index (χ1) is 10.7. The van der Waals surface area contributed by atoms with Crippen LogP contribution < -0.4 is 4.57 Å². The van der Waals surface area contributed by atoms with E-state index in [4.69, 9.17) is 0 Å². The summed E-state index contributed by atoms with van der Waals surface area (Å²) in [5.41, 5.74) is 7.22. The molecule has 2 aromatic heterocycles. The molecule has 0 amide bonds. The van der Waals surface area contributed by atoms with Gasteiger partial charge in [-0.05, 0) is 32.3 Å². The van der Waals surface area contributed by atoms with E-state index in [9.17, 15) is 9.90 Å². The van der Waals surface area contributed by atoms with E-state index >= 15 is 0 Å². The van der Waals surface area contributed by atoms with Crippen LogP contribution in [0, 0.1) is 12.8 Å². The van der Waals surface area contributed by atoms with Crippen LogP contribution in [0.15, 0.2) is 11.6 Å². The van der Waals surface area contributed by atoms with Crippen LogP contribution in [0.5, 0.6) is 0 Å². The Kier molecular flexibility index (Phi) is 3.58. The van der Waals surface area contributed by atoms with E-state index in [2.05, 4.69) is 50.2 Å². The number of aryl methyl sites for hydroxylation is 1. The summed E-state index contributed by atoms with van der Waals surface area (Å²) in [7, 11) is 0. The Balaban J connectivity index is 2.42. The monoisotopic (exact) mass is 313 g/mol. The van der Waals surface area contributed by atoms with Gasteiger partial charge < -0.3 is 10.1 Å². The molecule has 1 unspecified atom stereocenters. The minimum Gasteiger partial charge on any atom is -0.477 e. The van der Waals surface area contributed by atoms with Crippen LogP contribution in [0.3, 0.4) is 0 Å². The summed E-state index contributed by atoms with van der Waals surface area (Å²) in [6, 6.07) is 2.44. The molecule has 122 valence electrons. The molecule has 0 bridgehead atoms. The lowest BCUT2D eigenvalue weighted by atomic mass is 10.0. The second-order valence-corrected chi connectivity index (χ2v) is 7.15. The van der Waals surface area contributed by atoms with E-state index in [1.807, 2.05) is 6.92 Å². The highest BCUT2D eigenvalue weighted by atomic mass is 16.4. The number of fused-ring (bicyclic) bond motifs is 2. The third kappa shape index (κ3) is 2.19. The predicted molar refractivity (Wildman–Crippen MR) is 91.7 cm³/mol. The molecule has 1 atom stereocenters.